The molecule has 2 aromatic rings. The summed E-state index contributed by atoms with van der Waals surface area (Å²) in [6.07, 6.45) is 0. The molecule has 21 heavy (non-hydrogen) atoms. The SMILES string of the molecule is Cn1nc(C(=O)NC(C#N)c2ccc(Cl)cc2)ccc1=O. The Hall–Kier alpha value is -2.65. The zero-order valence-corrected chi connectivity index (χ0v) is 11.8. The van der Waals surface area contributed by atoms with Crippen LogP contribution in [-0.4, -0.2) is 15.7 Å². The van der Waals surface area contributed by atoms with Gasteiger partial charge in [-0.15, -0.1) is 0 Å². The minimum atomic E-state index is -0.825. The van der Waals surface area contributed by atoms with E-state index in [1.807, 2.05) is 6.07 Å². The van der Waals surface area contributed by atoms with Crippen LogP contribution in [-0.2, 0) is 7.05 Å². The molecule has 0 aliphatic carbocycles. The van der Waals surface area contributed by atoms with Crippen LogP contribution in [0.15, 0.2) is 41.2 Å². The summed E-state index contributed by atoms with van der Waals surface area (Å²) in [5.41, 5.74) is 0.354. The molecule has 7 heteroatoms. The van der Waals surface area contributed by atoms with E-state index in [4.69, 9.17) is 16.9 Å². The Morgan fingerprint density at radius 2 is 2.00 bits per heavy atom. The van der Waals surface area contributed by atoms with Crippen LogP contribution >= 0.6 is 11.6 Å². The molecule has 1 heterocycles. The number of nitrogens with one attached hydrogen (secondary N) is 1. The number of benzene rings is 1. The summed E-state index contributed by atoms with van der Waals surface area (Å²) < 4.78 is 1.05. The van der Waals surface area contributed by atoms with E-state index in [0.29, 0.717) is 10.6 Å². The van der Waals surface area contributed by atoms with Crippen molar-refractivity contribution < 1.29 is 4.79 Å². The van der Waals surface area contributed by atoms with Crippen LogP contribution in [0.5, 0.6) is 0 Å². The van der Waals surface area contributed by atoms with Crippen LogP contribution in [0, 0.1) is 11.3 Å². The molecule has 0 spiro atoms. The lowest BCUT2D eigenvalue weighted by Crippen LogP contribution is -2.30. The fourth-order valence-electron chi connectivity index (χ4n) is 1.67. The molecular weight excluding hydrogens is 292 g/mol. The number of aromatic nitrogens is 2. The lowest BCUT2D eigenvalue weighted by molar-refractivity contribution is 0.0938. The second kappa shape index (κ2) is 6.20. The molecule has 0 bridgehead atoms. The van der Waals surface area contributed by atoms with Crippen LogP contribution < -0.4 is 10.9 Å². The van der Waals surface area contributed by atoms with Crippen LogP contribution in [0.4, 0.5) is 0 Å². The summed E-state index contributed by atoms with van der Waals surface area (Å²) in [6.45, 7) is 0. The minimum absolute atomic E-state index is 0.0614. The van der Waals surface area contributed by atoms with Gasteiger partial charge in [0.2, 0.25) is 0 Å². The summed E-state index contributed by atoms with van der Waals surface area (Å²) >= 11 is 5.78. The van der Waals surface area contributed by atoms with Crippen molar-refractivity contribution in [1.82, 2.24) is 15.1 Å². The van der Waals surface area contributed by atoms with Gasteiger partial charge in [0.15, 0.2) is 0 Å². The smallest absolute Gasteiger partial charge is 0.273 e. The number of halogens is 1. The first-order chi connectivity index (χ1) is 10.0. The standard InChI is InChI=1S/C14H11ClN4O2/c1-19-13(20)7-6-11(18-19)14(21)17-12(8-16)9-2-4-10(15)5-3-9/h2-7,12H,1H3,(H,17,21). The lowest BCUT2D eigenvalue weighted by Gasteiger charge is -2.11. The van der Waals surface area contributed by atoms with Crippen molar-refractivity contribution >= 4 is 17.5 Å². The highest BCUT2D eigenvalue weighted by molar-refractivity contribution is 6.30. The van der Waals surface area contributed by atoms with Gasteiger partial charge in [-0.25, -0.2) is 4.68 Å². The van der Waals surface area contributed by atoms with Gasteiger partial charge >= 0.3 is 0 Å². The predicted octanol–water partition coefficient (Wildman–Crippen LogP) is 1.43. The molecule has 6 nitrogen and oxygen atoms in total. The Labute approximate surface area is 125 Å². The predicted molar refractivity (Wildman–Crippen MR) is 76.8 cm³/mol. The summed E-state index contributed by atoms with van der Waals surface area (Å²) in [5.74, 6) is -0.535. The molecule has 1 amide bonds. The highest BCUT2D eigenvalue weighted by Gasteiger charge is 2.16. The van der Waals surface area contributed by atoms with Crippen LogP contribution in [0.3, 0.4) is 0 Å². The van der Waals surface area contributed by atoms with E-state index < -0.39 is 11.9 Å². The molecular formula is C14H11ClN4O2. The van der Waals surface area contributed by atoms with Gasteiger partial charge < -0.3 is 5.32 Å². The summed E-state index contributed by atoms with van der Waals surface area (Å²) in [7, 11) is 1.44. The first-order valence-corrected chi connectivity index (χ1v) is 6.39. The summed E-state index contributed by atoms with van der Waals surface area (Å²) in [5, 5.41) is 16.1. The zero-order valence-electron chi connectivity index (χ0n) is 11.1. The van der Waals surface area contributed by atoms with Gasteiger partial charge in [-0.3, -0.25) is 9.59 Å². The van der Waals surface area contributed by atoms with E-state index >= 15 is 0 Å². The third-order valence-corrected chi connectivity index (χ3v) is 3.05. The van der Waals surface area contributed by atoms with E-state index in [2.05, 4.69) is 10.4 Å². The van der Waals surface area contributed by atoms with E-state index in [1.54, 1.807) is 24.3 Å². The second-order valence-corrected chi connectivity index (χ2v) is 4.70. The number of nitrogens with zero attached hydrogens (tertiary/aromatic N) is 3. The molecule has 1 unspecified atom stereocenters. The van der Waals surface area contributed by atoms with E-state index in [1.165, 1.54) is 19.2 Å². The summed E-state index contributed by atoms with van der Waals surface area (Å²) in [6, 6.07) is 10.3. The molecule has 1 atom stereocenters. The van der Waals surface area contributed by atoms with Crippen LogP contribution in [0.2, 0.25) is 5.02 Å². The Kier molecular flexibility index (Phi) is 4.36. The van der Waals surface area contributed by atoms with E-state index in [-0.39, 0.29) is 11.3 Å². The van der Waals surface area contributed by atoms with Crippen molar-refractivity contribution in [1.29, 1.82) is 5.26 Å². The number of carbonyl (C=O) groups is 1. The van der Waals surface area contributed by atoms with Crippen molar-refractivity contribution in [2.45, 2.75) is 6.04 Å². The highest BCUT2D eigenvalue weighted by Crippen LogP contribution is 2.16. The third kappa shape index (κ3) is 3.46. The number of carbonyl (C=O) groups excluding carboxylic acids is 1. The normalized spacial score (nSPS) is 11.5. The molecule has 2 rings (SSSR count). The minimum Gasteiger partial charge on any atom is -0.331 e. The van der Waals surface area contributed by atoms with Gasteiger partial charge in [-0.05, 0) is 23.8 Å². The Morgan fingerprint density at radius 1 is 1.33 bits per heavy atom. The molecule has 0 fully saturated rings. The van der Waals surface area contributed by atoms with Crippen molar-refractivity contribution in [3.63, 3.8) is 0 Å². The van der Waals surface area contributed by atoms with Gasteiger partial charge in [0.25, 0.3) is 11.5 Å². The maximum Gasteiger partial charge on any atom is 0.273 e. The van der Waals surface area contributed by atoms with Crippen molar-refractivity contribution in [3.8, 4) is 6.07 Å². The number of rotatable bonds is 3. The number of amides is 1. The fourth-order valence-corrected chi connectivity index (χ4v) is 1.80. The first kappa shape index (κ1) is 14.8. The van der Waals surface area contributed by atoms with Gasteiger partial charge in [-0.2, -0.15) is 10.4 Å². The molecule has 1 aromatic carbocycles. The quantitative estimate of drug-likeness (QED) is 0.929. The molecule has 0 saturated carbocycles. The monoisotopic (exact) mass is 302 g/mol. The van der Waals surface area contributed by atoms with Gasteiger partial charge in [0, 0.05) is 18.1 Å². The Morgan fingerprint density at radius 3 is 2.57 bits per heavy atom. The van der Waals surface area contributed by atoms with Gasteiger partial charge in [-0.1, -0.05) is 23.7 Å². The second-order valence-electron chi connectivity index (χ2n) is 4.27. The lowest BCUT2D eigenvalue weighted by atomic mass is 10.1. The number of hydrogen-bond acceptors (Lipinski definition) is 4. The molecule has 1 N–H and O–H groups in total. The zero-order chi connectivity index (χ0) is 15.4. The molecule has 106 valence electrons. The maximum atomic E-state index is 12.1. The van der Waals surface area contributed by atoms with E-state index in [0.717, 1.165) is 4.68 Å². The first-order valence-electron chi connectivity index (χ1n) is 6.01. The molecule has 0 radical (unpaired) electrons. The Balaban J connectivity index is 2.20. The maximum absolute atomic E-state index is 12.1. The molecule has 0 saturated heterocycles. The number of nitriles is 1. The molecule has 0 aliphatic rings. The third-order valence-electron chi connectivity index (χ3n) is 2.80. The summed E-state index contributed by atoms with van der Waals surface area (Å²) in [4.78, 5) is 23.3. The van der Waals surface area contributed by atoms with Crippen molar-refractivity contribution in [2.24, 2.45) is 7.05 Å². The fraction of sp³-hybridized carbons (Fsp3) is 0.143. The topological polar surface area (TPSA) is 87.8 Å². The van der Waals surface area contributed by atoms with E-state index in [9.17, 15) is 9.59 Å². The molecule has 1 aromatic heterocycles. The van der Waals surface area contributed by atoms with Crippen LogP contribution in [0.25, 0.3) is 0 Å². The van der Waals surface area contributed by atoms with Crippen LogP contribution in [0.1, 0.15) is 22.1 Å². The van der Waals surface area contributed by atoms with Crippen molar-refractivity contribution in [3.05, 3.63) is 63.0 Å². The Bertz CT molecular complexity index is 762. The number of aryl methyl sites for hydroxylation is 1. The molecule has 0 aliphatic heterocycles. The number of hydrogen-bond donors (Lipinski definition) is 1. The van der Waals surface area contributed by atoms with Crippen molar-refractivity contribution in [2.75, 3.05) is 0 Å². The largest absolute Gasteiger partial charge is 0.331 e. The highest BCUT2D eigenvalue weighted by atomic mass is 35.5. The van der Waals surface area contributed by atoms with Gasteiger partial charge in [0.1, 0.15) is 11.7 Å². The van der Waals surface area contributed by atoms with Gasteiger partial charge in [0.05, 0.1) is 6.07 Å². The average Bonchev–Trinajstić information content (AvgIpc) is 2.48. The average molecular weight is 303 g/mol.